The van der Waals surface area contributed by atoms with Crippen molar-refractivity contribution in [3.8, 4) is 5.69 Å². The van der Waals surface area contributed by atoms with Crippen LogP contribution in [0, 0.1) is 12.8 Å². The standard InChI is InChI=1S/C21H28N4O.ClH/c1-15-7-9-17(10-8-15)25-19-6-2-5-18(19)20(24-25)21(26)23-13-11-16-4-3-12-22-14-16;/h7-10,16,22H,2-6,11-14H2,1H3,(H,23,26);1H. The highest BCUT2D eigenvalue weighted by Gasteiger charge is 2.27. The molecule has 27 heavy (non-hydrogen) atoms. The van der Waals surface area contributed by atoms with Gasteiger partial charge in [0.1, 0.15) is 0 Å². The van der Waals surface area contributed by atoms with Gasteiger partial charge in [-0.2, -0.15) is 5.10 Å². The molecule has 0 saturated carbocycles. The molecule has 6 heteroatoms. The van der Waals surface area contributed by atoms with Crippen LogP contribution in [-0.4, -0.2) is 35.3 Å². The number of rotatable bonds is 5. The Labute approximate surface area is 167 Å². The zero-order chi connectivity index (χ0) is 17.9. The second kappa shape index (κ2) is 8.89. The molecule has 1 unspecified atom stereocenters. The van der Waals surface area contributed by atoms with Gasteiger partial charge >= 0.3 is 0 Å². The maximum absolute atomic E-state index is 12.7. The molecule has 4 rings (SSSR count). The summed E-state index contributed by atoms with van der Waals surface area (Å²) in [5, 5.41) is 11.2. The lowest BCUT2D eigenvalue weighted by Crippen LogP contribution is -2.33. The fourth-order valence-corrected chi connectivity index (χ4v) is 4.16. The summed E-state index contributed by atoms with van der Waals surface area (Å²) in [7, 11) is 0. The van der Waals surface area contributed by atoms with Crippen LogP contribution in [0.4, 0.5) is 0 Å². The minimum Gasteiger partial charge on any atom is -0.351 e. The largest absolute Gasteiger partial charge is 0.351 e. The third kappa shape index (κ3) is 4.36. The number of amides is 1. The van der Waals surface area contributed by atoms with Gasteiger partial charge in [0.2, 0.25) is 0 Å². The van der Waals surface area contributed by atoms with E-state index in [9.17, 15) is 4.79 Å². The Morgan fingerprint density at radius 3 is 2.81 bits per heavy atom. The Kier molecular flexibility index (Phi) is 6.55. The minimum atomic E-state index is -0.0159. The number of carbonyl (C=O) groups is 1. The van der Waals surface area contributed by atoms with Crippen LogP contribution >= 0.6 is 12.4 Å². The summed E-state index contributed by atoms with van der Waals surface area (Å²) < 4.78 is 1.97. The Balaban J connectivity index is 0.00000210. The highest BCUT2D eigenvalue weighted by atomic mass is 35.5. The number of halogens is 1. The van der Waals surface area contributed by atoms with Crippen molar-refractivity contribution in [2.75, 3.05) is 19.6 Å². The van der Waals surface area contributed by atoms with Crippen molar-refractivity contribution in [2.24, 2.45) is 5.92 Å². The molecule has 2 N–H and O–H groups in total. The van der Waals surface area contributed by atoms with Crippen molar-refractivity contribution >= 4 is 18.3 Å². The van der Waals surface area contributed by atoms with E-state index < -0.39 is 0 Å². The van der Waals surface area contributed by atoms with Gasteiger partial charge in [-0.05, 0) is 76.6 Å². The van der Waals surface area contributed by atoms with Crippen molar-refractivity contribution in [3.05, 3.63) is 46.8 Å². The third-order valence-corrected chi connectivity index (χ3v) is 5.66. The van der Waals surface area contributed by atoms with E-state index in [4.69, 9.17) is 0 Å². The number of aromatic nitrogens is 2. The van der Waals surface area contributed by atoms with E-state index in [1.807, 2.05) is 4.68 Å². The molecule has 1 aromatic heterocycles. The summed E-state index contributed by atoms with van der Waals surface area (Å²) in [5.74, 6) is 0.665. The predicted molar refractivity (Wildman–Crippen MR) is 110 cm³/mol. The number of fused-ring (bicyclic) bond motifs is 1. The van der Waals surface area contributed by atoms with Crippen LogP contribution in [-0.2, 0) is 12.8 Å². The Hall–Kier alpha value is -1.85. The second-order valence-corrected chi connectivity index (χ2v) is 7.63. The van der Waals surface area contributed by atoms with Crippen LogP contribution in [0.1, 0.15) is 53.0 Å². The van der Waals surface area contributed by atoms with E-state index in [0.29, 0.717) is 11.6 Å². The van der Waals surface area contributed by atoms with Gasteiger partial charge < -0.3 is 10.6 Å². The van der Waals surface area contributed by atoms with E-state index in [1.165, 1.54) is 24.1 Å². The molecule has 1 fully saturated rings. The van der Waals surface area contributed by atoms with Gasteiger partial charge in [0.25, 0.3) is 5.91 Å². The molecule has 1 saturated heterocycles. The van der Waals surface area contributed by atoms with Crippen LogP contribution in [0.2, 0.25) is 0 Å². The summed E-state index contributed by atoms with van der Waals surface area (Å²) in [6.45, 7) is 5.02. The van der Waals surface area contributed by atoms with Gasteiger partial charge in [-0.15, -0.1) is 12.4 Å². The first-order valence-corrected chi connectivity index (χ1v) is 9.89. The first-order chi connectivity index (χ1) is 12.7. The van der Waals surface area contributed by atoms with Gasteiger partial charge in [0, 0.05) is 17.8 Å². The van der Waals surface area contributed by atoms with E-state index in [-0.39, 0.29) is 18.3 Å². The molecule has 1 amide bonds. The van der Waals surface area contributed by atoms with E-state index in [2.05, 4.69) is 46.9 Å². The van der Waals surface area contributed by atoms with Crippen molar-refractivity contribution in [1.82, 2.24) is 20.4 Å². The predicted octanol–water partition coefficient (Wildman–Crippen LogP) is 3.21. The van der Waals surface area contributed by atoms with Crippen LogP contribution in [0.15, 0.2) is 24.3 Å². The number of piperidine rings is 1. The van der Waals surface area contributed by atoms with E-state index in [1.54, 1.807) is 0 Å². The SMILES string of the molecule is Cc1ccc(-n2nc(C(=O)NCCC3CCCNC3)c3c2CCC3)cc1.Cl. The van der Waals surface area contributed by atoms with Gasteiger partial charge in [-0.1, -0.05) is 17.7 Å². The molecule has 5 nitrogen and oxygen atoms in total. The Bertz CT molecular complexity index is 778. The Morgan fingerprint density at radius 1 is 1.26 bits per heavy atom. The quantitative estimate of drug-likeness (QED) is 0.826. The first-order valence-electron chi connectivity index (χ1n) is 9.89. The van der Waals surface area contributed by atoms with Gasteiger partial charge in [0.15, 0.2) is 5.69 Å². The lowest BCUT2D eigenvalue weighted by atomic mass is 9.96. The molecule has 1 aliphatic carbocycles. The maximum Gasteiger partial charge on any atom is 0.272 e. The molecule has 2 aliphatic rings. The second-order valence-electron chi connectivity index (χ2n) is 7.63. The topological polar surface area (TPSA) is 59.0 Å². The van der Waals surface area contributed by atoms with Crippen molar-refractivity contribution < 1.29 is 4.79 Å². The highest BCUT2D eigenvalue weighted by molar-refractivity contribution is 5.94. The molecule has 2 aromatic rings. The highest BCUT2D eigenvalue weighted by Crippen LogP contribution is 2.28. The number of aryl methyl sites for hydroxylation is 1. The van der Waals surface area contributed by atoms with Crippen LogP contribution in [0.5, 0.6) is 0 Å². The smallest absolute Gasteiger partial charge is 0.272 e. The number of carbonyl (C=O) groups excluding carboxylic acids is 1. The average molecular weight is 389 g/mol. The number of benzene rings is 1. The molecule has 146 valence electrons. The lowest BCUT2D eigenvalue weighted by Gasteiger charge is -2.22. The monoisotopic (exact) mass is 388 g/mol. The molecular formula is C21H29ClN4O. The zero-order valence-corrected chi connectivity index (χ0v) is 16.8. The van der Waals surface area contributed by atoms with Gasteiger partial charge in [-0.25, -0.2) is 4.68 Å². The molecule has 0 bridgehead atoms. The number of hydrogen-bond acceptors (Lipinski definition) is 3. The van der Waals surface area contributed by atoms with Gasteiger partial charge in [-0.3, -0.25) is 4.79 Å². The van der Waals surface area contributed by atoms with Gasteiger partial charge in [0.05, 0.1) is 5.69 Å². The molecule has 0 spiro atoms. The summed E-state index contributed by atoms with van der Waals surface area (Å²) in [6, 6.07) is 8.35. The van der Waals surface area contributed by atoms with E-state index >= 15 is 0 Å². The molecule has 0 radical (unpaired) electrons. The number of nitrogens with zero attached hydrogens (tertiary/aromatic N) is 2. The minimum absolute atomic E-state index is 0. The molecular weight excluding hydrogens is 360 g/mol. The molecule has 1 aliphatic heterocycles. The zero-order valence-electron chi connectivity index (χ0n) is 16.0. The lowest BCUT2D eigenvalue weighted by molar-refractivity contribution is 0.0944. The summed E-state index contributed by atoms with van der Waals surface area (Å²) in [4.78, 5) is 12.7. The summed E-state index contributed by atoms with van der Waals surface area (Å²) in [6.07, 6.45) is 6.60. The number of hydrogen-bond donors (Lipinski definition) is 2. The third-order valence-electron chi connectivity index (χ3n) is 5.66. The summed E-state index contributed by atoms with van der Waals surface area (Å²) >= 11 is 0. The van der Waals surface area contributed by atoms with Crippen molar-refractivity contribution in [1.29, 1.82) is 0 Å². The first kappa shape index (κ1) is 19.9. The molecule has 2 heterocycles. The van der Waals surface area contributed by atoms with E-state index in [0.717, 1.165) is 56.6 Å². The average Bonchev–Trinajstić information content (AvgIpc) is 3.26. The normalized spacial score (nSPS) is 18.6. The molecule has 1 aromatic carbocycles. The van der Waals surface area contributed by atoms with Crippen LogP contribution < -0.4 is 10.6 Å². The van der Waals surface area contributed by atoms with Crippen LogP contribution in [0.25, 0.3) is 5.69 Å². The van der Waals surface area contributed by atoms with Crippen molar-refractivity contribution in [3.63, 3.8) is 0 Å². The van der Waals surface area contributed by atoms with Crippen LogP contribution in [0.3, 0.4) is 0 Å². The van der Waals surface area contributed by atoms with Crippen molar-refractivity contribution in [2.45, 2.75) is 45.4 Å². The molecule has 1 atom stereocenters. The Morgan fingerprint density at radius 2 is 2.07 bits per heavy atom. The number of nitrogens with one attached hydrogen (secondary N) is 2. The summed E-state index contributed by atoms with van der Waals surface area (Å²) in [5.41, 5.74) is 5.24. The fourth-order valence-electron chi connectivity index (χ4n) is 4.16. The fraction of sp³-hybridized carbons (Fsp3) is 0.524. The maximum atomic E-state index is 12.7.